The topological polar surface area (TPSA) is 122 Å². The molecule has 10 nitrogen and oxygen atoms in total. The van der Waals surface area contributed by atoms with Crippen molar-refractivity contribution >= 4 is 35.0 Å². The average Bonchev–Trinajstić information content (AvgIpc) is 3.32. The fourth-order valence-electron chi connectivity index (χ4n) is 5.05. The van der Waals surface area contributed by atoms with Crippen molar-refractivity contribution in [2.45, 2.75) is 52.2 Å². The van der Waals surface area contributed by atoms with Crippen LogP contribution in [0.1, 0.15) is 48.7 Å². The van der Waals surface area contributed by atoms with Gasteiger partial charge in [-0.2, -0.15) is 0 Å². The third-order valence-corrected chi connectivity index (χ3v) is 7.08. The first kappa shape index (κ1) is 27.9. The van der Waals surface area contributed by atoms with Crippen LogP contribution in [-0.2, 0) is 16.0 Å². The van der Waals surface area contributed by atoms with Crippen molar-refractivity contribution < 1.29 is 23.9 Å². The number of aromatic nitrogens is 1. The van der Waals surface area contributed by atoms with Crippen LogP contribution in [0.3, 0.4) is 0 Å². The molecule has 0 bridgehead atoms. The number of amides is 3. The molecule has 3 amide bonds. The van der Waals surface area contributed by atoms with Crippen molar-refractivity contribution in [2.24, 2.45) is 0 Å². The van der Waals surface area contributed by atoms with Gasteiger partial charge in [-0.25, -0.2) is 9.78 Å². The van der Waals surface area contributed by atoms with E-state index in [0.29, 0.717) is 42.3 Å². The number of ether oxygens (including phenoxy) is 2. The third-order valence-electron chi connectivity index (χ3n) is 7.08. The maximum absolute atomic E-state index is 13.1. The number of aryl methyl sites for hydroxylation is 1. The minimum atomic E-state index is -0.579. The van der Waals surface area contributed by atoms with E-state index in [1.165, 1.54) is 0 Å². The highest BCUT2D eigenvalue weighted by Gasteiger charge is 2.29. The summed E-state index contributed by atoms with van der Waals surface area (Å²) in [5, 5.41) is 9.22. The van der Waals surface area contributed by atoms with Crippen molar-refractivity contribution in [3.8, 4) is 17.0 Å². The highest BCUT2D eigenvalue weighted by molar-refractivity contribution is 6.12. The summed E-state index contributed by atoms with van der Waals surface area (Å²) in [7, 11) is 1.58. The van der Waals surface area contributed by atoms with Gasteiger partial charge in [0.15, 0.2) is 0 Å². The van der Waals surface area contributed by atoms with Crippen LogP contribution in [0.15, 0.2) is 48.7 Å². The van der Waals surface area contributed by atoms with Crippen LogP contribution in [0.25, 0.3) is 11.1 Å². The summed E-state index contributed by atoms with van der Waals surface area (Å²) in [6.07, 6.45) is 2.14. The number of alkyl carbamates (subject to hydrolysis) is 1. The number of pyridine rings is 1. The standard InChI is InChI=1S/C31H35N5O5/c1-18-16-32-27(40-5)15-23(18)20-7-8-22-25(14-20)34-24-9-6-19(12-26(24)35-29(22)38)13-28(37)36-11-10-21(17-36)33-30(39)41-31(2,3)4/h6-9,12,14-16,21,34H,10-11,13,17H2,1-5H3,(H,33,39)(H,35,38). The monoisotopic (exact) mass is 557 g/mol. The molecule has 1 atom stereocenters. The van der Waals surface area contributed by atoms with E-state index in [2.05, 4.69) is 20.9 Å². The Balaban J connectivity index is 1.28. The molecule has 0 aliphatic carbocycles. The predicted molar refractivity (Wildman–Crippen MR) is 157 cm³/mol. The van der Waals surface area contributed by atoms with E-state index in [9.17, 15) is 14.4 Å². The van der Waals surface area contributed by atoms with Crippen LogP contribution < -0.4 is 20.7 Å². The molecule has 41 heavy (non-hydrogen) atoms. The molecule has 1 aromatic heterocycles. The van der Waals surface area contributed by atoms with Crippen LogP contribution in [0.2, 0.25) is 0 Å². The maximum atomic E-state index is 13.1. The molecule has 214 valence electrons. The van der Waals surface area contributed by atoms with Crippen LogP contribution in [0.5, 0.6) is 5.88 Å². The molecule has 3 N–H and O–H groups in total. The van der Waals surface area contributed by atoms with Gasteiger partial charge in [0.1, 0.15) is 5.60 Å². The second-order valence-corrected chi connectivity index (χ2v) is 11.4. The molecule has 2 aromatic carbocycles. The zero-order valence-electron chi connectivity index (χ0n) is 24.0. The third kappa shape index (κ3) is 6.42. The number of benzene rings is 2. The van der Waals surface area contributed by atoms with Crippen LogP contribution in [-0.4, -0.2) is 59.6 Å². The summed E-state index contributed by atoms with van der Waals surface area (Å²) < 4.78 is 10.6. The SMILES string of the molecule is COc1cc(-c2ccc3c(c2)Nc2ccc(CC(=O)N4CCC(NC(=O)OC(C)(C)C)C4)cc2NC3=O)c(C)cn1. The van der Waals surface area contributed by atoms with Gasteiger partial charge in [0.25, 0.3) is 5.91 Å². The number of hydrogen-bond donors (Lipinski definition) is 3. The lowest BCUT2D eigenvalue weighted by molar-refractivity contribution is -0.129. The fraction of sp³-hybridized carbons (Fsp3) is 0.355. The number of carbonyl (C=O) groups excluding carboxylic acids is 3. The minimum absolute atomic E-state index is 0.0394. The van der Waals surface area contributed by atoms with Crippen molar-refractivity contribution in [1.29, 1.82) is 0 Å². The van der Waals surface area contributed by atoms with E-state index in [-0.39, 0.29) is 24.3 Å². The predicted octanol–water partition coefficient (Wildman–Crippen LogP) is 5.04. The van der Waals surface area contributed by atoms with Crippen LogP contribution in [0, 0.1) is 6.92 Å². The number of hydrogen-bond acceptors (Lipinski definition) is 7. The number of fused-ring (bicyclic) bond motifs is 2. The molecule has 2 aliphatic heterocycles. The van der Waals surface area contributed by atoms with Gasteiger partial charge in [-0.3, -0.25) is 9.59 Å². The summed E-state index contributed by atoms with van der Waals surface area (Å²) in [4.78, 5) is 44.3. The molecular formula is C31H35N5O5. The summed E-state index contributed by atoms with van der Waals surface area (Å²) in [5.41, 5.74) is 5.62. The van der Waals surface area contributed by atoms with E-state index < -0.39 is 11.7 Å². The van der Waals surface area contributed by atoms with E-state index in [4.69, 9.17) is 9.47 Å². The van der Waals surface area contributed by atoms with E-state index in [1.54, 1.807) is 24.3 Å². The van der Waals surface area contributed by atoms with Gasteiger partial charge in [0, 0.05) is 25.4 Å². The lowest BCUT2D eigenvalue weighted by atomic mass is 9.99. The quantitative estimate of drug-likeness (QED) is 0.402. The summed E-state index contributed by atoms with van der Waals surface area (Å²) in [6, 6.07) is 13.0. The van der Waals surface area contributed by atoms with Crippen LogP contribution >= 0.6 is 0 Å². The van der Waals surface area contributed by atoms with Gasteiger partial charge in [0.05, 0.1) is 42.2 Å². The molecule has 0 spiro atoms. The zero-order chi connectivity index (χ0) is 29.3. The van der Waals surface area contributed by atoms with Gasteiger partial charge < -0.3 is 30.3 Å². The zero-order valence-corrected chi connectivity index (χ0v) is 24.0. The van der Waals surface area contributed by atoms with Crippen molar-refractivity contribution in [3.63, 3.8) is 0 Å². The fourth-order valence-corrected chi connectivity index (χ4v) is 5.05. The van der Waals surface area contributed by atoms with E-state index >= 15 is 0 Å². The summed E-state index contributed by atoms with van der Waals surface area (Å²) >= 11 is 0. The minimum Gasteiger partial charge on any atom is -0.481 e. The van der Waals surface area contributed by atoms with Gasteiger partial charge in [-0.15, -0.1) is 0 Å². The van der Waals surface area contributed by atoms with Crippen molar-refractivity contribution in [2.75, 3.05) is 30.8 Å². The molecule has 10 heteroatoms. The van der Waals surface area contributed by atoms with Crippen LogP contribution in [0.4, 0.5) is 21.9 Å². The first-order chi connectivity index (χ1) is 19.5. The Hall–Kier alpha value is -4.60. The second kappa shape index (κ2) is 11.1. The number of nitrogens with zero attached hydrogens (tertiary/aromatic N) is 2. The molecule has 3 heterocycles. The Morgan fingerprint density at radius 1 is 1.05 bits per heavy atom. The molecule has 3 aromatic rings. The number of carbonyl (C=O) groups is 3. The average molecular weight is 558 g/mol. The Kier molecular flexibility index (Phi) is 7.57. The molecule has 0 saturated carbocycles. The van der Waals surface area contributed by atoms with Gasteiger partial charge >= 0.3 is 6.09 Å². The first-order valence-corrected chi connectivity index (χ1v) is 13.6. The molecule has 2 aliphatic rings. The maximum Gasteiger partial charge on any atom is 0.407 e. The van der Waals surface area contributed by atoms with Gasteiger partial charge in [0.2, 0.25) is 11.8 Å². The van der Waals surface area contributed by atoms with Gasteiger partial charge in [-0.1, -0.05) is 12.1 Å². The molecule has 5 rings (SSSR count). The van der Waals surface area contributed by atoms with Gasteiger partial charge in [-0.05, 0) is 80.6 Å². The number of likely N-dealkylation sites (tertiary alicyclic amines) is 1. The van der Waals surface area contributed by atoms with Crippen molar-refractivity contribution in [3.05, 3.63) is 65.4 Å². The lowest BCUT2D eigenvalue weighted by Gasteiger charge is -2.22. The number of anilines is 3. The Labute approximate surface area is 239 Å². The van der Waals surface area contributed by atoms with E-state index in [0.717, 1.165) is 27.9 Å². The summed E-state index contributed by atoms with van der Waals surface area (Å²) in [6.45, 7) is 8.40. The van der Waals surface area contributed by atoms with Crippen molar-refractivity contribution in [1.82, 2.24) is 15.2 Å². The molecule has 0 radical (unpaired) electrons. The molecular weight excluding hydrogens is 522 g/mol. The number of methoxy groups -OCH3 is 1. The molecule has 1 saturated heterocycles. The normalized spacial score (nSPS) is 16.1. The number of nitrogens with one attached hydrogen (secondary N) is 3. The molecule has 1 fully saturated rings. The second-order valence-electron chi connectivity index (χ2n) is 11.4. The number of rotatable bonds is 5. The highest BCUT2D eigenvalue weighted by Crippen LogP contribution is 2.36. The lowest BCUT2D eigenvalue weighted by Crippen LogP contribution is -2.41. The Bertz CT molecular complexity index is 1510. The molecule has 1 unspecified atom stereocenters. The smallest absolute Gasteiger partial charge is 0.407 e. The van der Waals surface area contributed by atoms with E-state index in [1.807, 2.05) is 64.1 Å². The first-order valence-electron chi connectivity index (χ1n) is 13.6. The largest absolute Gasteiger partial charge is 0.481 e. The highest BCUT2D eigenvalue weighted by atomic mass is 16.6. The Morgan fingerprint density at radius 2 is 1.85 bits per heavy atom. The summed E-state index contributed by atoms with van der Waals surface area (Å²) in [5.74, 6) is 0.241. The Morgan fingerprint density at radius 3 is 2.61 bits per heavy atom.